The van der Waals surface area contributed by atoms with Crippen LogP contribution in [0.25, 0.3) is 0 Å². The minimum absolute atomic E-state index is 0.210. The van der Waals surface area contributed by atoms with Crippen LogP contribution < -0.4 is 5.32 Å². The number of anilines is 1. The van der Waals surface area contributed by atoms with Gasteiger partial charge in [-0.3, -0.25) is 4.79 Å². The van der Waals surface area contributed by atoms with E-state index in [2.05, 4.69) is 23.7 Å². The fourth-order valence-corrected chi connectivity index (χ4v) is 2.67. The number of halogens is 1. The van der Waals surface area contributed by atoms with Crippen LogP contribution in [0.4, 0.5) is 10.1 Å². The van der Waals surface area contributed by atoms with Gasteiger partial charge in [0.15, 0.2) is 0 Å². The molecule has 0 fully saturated rings. The Kier molecular flexibility index (Phi) is 4.16. The summed E-state index contributed by atoms with van der Waals surface area (Å²) in [5.74, 6) is -0.529. The Morgan fingerprint density at radius 1 is 1.19 bits per heavy atom. The zero-order chi connectivity index (χ0) is 15.7. The molecule has 1 aromatic heterocycles. The average Bonchev–Trinajstić information content (AvgIpc) is 2.69. The van der Waals surface area contributed by atoms with Crippen LogP contribution in [-0.2, 0) is 0 Å². The zero-order valence-corrected chi connectivity index (χ0v) is 13.1. The Hall–Kier alpha value is -2.10. The van der Waals surface area contributed by atoms with Crippen LogP contribution in [0.3, 0.4) is 0 Å². The lowest BCUT2D eigenvalue weighted by molar-refractivity contribution is 0.102. The number of nitrogens with one attached hydrogen (secondary N) is 1. The van der Waals surface area contributed by atoms with Crippen LogP contribution >= 0.6 is 0 Å². The number of carbonyl (C=O) groups is 1. The van der Waals surface area contributed by atoms with Crippen molar-refractivity contribution in [1.82, 2.24) is 4.57 Å². The summed E-state index contributed by atoms with van der Waals surface area (Å²) in [6.45, 7) is 9.76. The molecule has 0 radical (unpaired) electrons. The Morgan fingerprint density at radius 3 is 2.38 bits per heavy atom. The van der Waals surface area contributed by atoms with Gasteiger partial charge in [-0.25, -0.2) is 4.39 Å². The largest absolute Gasteiger partial charge is 0.346 e. The lowest BCUT2D eigenvalue weighted by Crippen LogP contribution is -2.14. The van der Waals surface area contributed by atoms with E-state index < -0.39 is 0 Å². The number of aryl methyl sites for hydroxylation is 2. The van der Waals surface area contributed by atoms with E-state index >= 15 is 0 Å². The van der Waals surface area contributed by atoms with Gasteiger partial charge in [0.25, 0.3) is 5.91 Å². The van der Waals surface area contributed by atoms with Crippen molar-refractivity contribution in [2.75, 3.05) is 5.32 Å². The van der Waals surface area contributed by atoms with Crippen molar-refractivity contribution in [1.29, 1.82) is 0 Å². The molecule has 3 nitrogen and oxygen atoms in total. The minimum Gasteiger partial charge on any atom is -0.346 e. The number of amides is 1. The van der Waals surface area contributed by atoms with Crippen molar-refractivity contribution in [2.45, 2.75) is 40.7 Å². The van der Waals surface area contributed by atoms with Crippen LogP contribution in [0, 0.1) is 26.6 Å². The predicted octanol–water partition coefficient (Wildman–Crippen LogP) is 4.39. The van der Waals surface area contributed by atoms with Crippen LogP contribution in [0.15, 0.2) is 24.3 Å². The smallest absolute Gasteiger partial charge is 0.257 e. The van der Waals surface area contributed by atoms with Crippen molar-refractivity contribution in [3.05, 3.63) is 52.6 Å². The van der Waals surface area contributed by atoms with Gasteiger partial charge in [0.2, 0.25) is 0 Å². The highest BCUT2D eigenvalue weighted by Crippen LogP contribution is 2.21. The van der Waals surface area contributed by atoms with Gasteiger partial charge in [0.1, 0.15) is 5.82 Å². The highest BCUT2D eigenvalue weighted by Gasteiger charge is 2.17. The predicted molar refractivity (Wildman–Crippen MR) is 83.4 cm³/mol. The number of hydrogen-bond acceptors (Lipinski definition) is 1. The number of rotatable bonds is 3. The van der Waals surface area contributed by atoms with E-state index in [0.717, 1.165) is 11.4 Å². The number of carbonyl (C=O) groups excluding carboxylic acids is 1. The summed E-state index contributed by atoms with van der Waals surface area (Å²) in [5.41, 5.74) is 3.63. The quantitative estimate of drug-likeness (QED) is 0.893. The third kappa shape index (κ3) is 2.99. The Bertz CT molecular complexity index is 686. The van der Waals surface area contributed by atoms with E-state index in [1.807, 2.05) is 19.9 Å². The van der Waals surface area contributed by atoms with E-state index in [1.54, 1.807) is 19.1 Å². The molecule has 0 aliphatic heterocycles. The van der Waals surface area contributed by atoms with Crippen molar-refractivity contribution >= 4 is 11.6 Å². The first-order valence-corrected chi connectivity index (χ1v) is 7.07. The van der Waals surface area contributed by atoms with E-state index in [4.69, 9.17) is 0 Å². The van der Waals surface area contributed by atoms with E-state index in [0.29, 0.717) is 22.9 Å². The molecule has 0 atom stereocenters. The molecule has 1 aromatic carbocycles. The molecular weight excluding hydrogens is 267 g/mol. The van der Waals surface area contributed by atoms with Crippen molar-refractivity contribution < 1.29 is 9.18 Å². The molecule has 2 rings (SSSR count). The Balaban J connectivity index is 2.28. The number of aromatic nitrogens is 1. The molecule has 0 saturated carbocycles. The molecular formula is C17H21FN2O. The van der Waals surface area contributed by atoms with Gasteiger partial charge in [0, 0.05) is 23.1 Å². The summed E-state index contributed by atoms with van der Waals surface area (Å²) < 4.78 is 15.6. The van der Waals surface area contributed by atoms with Gasteiger partial charge in [-0.2, -0.15) is 0 Å². The SMILES string of the molecule is Cc1ccc(NC(=O)c2cc(C)n(C(C)C)c2C)cc1F. The van der Waals surface area contributed by atoms with Crippen LogP contribution in [0.1, 0.15) is 47.2 Å². The van der Waals surface area contributed by atoms with Gasteiger partial charge in [-0.15, -0.1) is 0 Å². The molecule has 1 N–H and O–H groups in total. The van der Waals surface area contributed by atoms with Crippen molar-refractivity contribution in [3.63, 3.8) is 0 Å². The van der Waals surface area contributed by atoms with Gasteiger partial charge in [0.05, 0.1) is 5.56 Å². The molecule has 0 unspecified atom stereocenters. The zero-order valence-electron chi connectivity index (χ0n) is 13.1. The molecule has 1 amide bonds. The molecule has 0 aliphatic carbocycles. The topological polar surface area (TPSA) is 34.0 Å². The van der Waals surface area contributed by atoms with Gasteiger partial charge in [-0.05, 0) is 58.4 Å². The number of hydrogen-bond donors (Lipinski definition) is 1. The molecule has 21 heavy (non-hydrogen) atoms. The van der Waals surface area contributed by atoms with Crippen LogP contribution in [0.5, 0.6) is 0 Å². The monoisotopic (exact) mass is 288 g/mol. The highest BCUT2D eigenvalue weighted by atomic mass is 19.1. The highest BCUT2D eigenvalue weighted by molar-refractivity contribution is 6.05. The van der Waals surface area contributed by atoms with Crippen LogP contribution in [0.2, 0.25) is 0 Å². The first kappa shape index (κ1) is 15.3. The molecule has 2 aromatic rings. The molecule has 4 heteroatoms. The fraction of sp³-hybridized carbons (Fsp3) is 0.353. The Morgan fingerprint density at radius 2 is 1.86 bits per heavy atom. The van der Waals surface area contributed by atoms with Gasteiger partial charge >= 0.3 is 0 Å². The summed E-state index contributed by atoms with van der Waals surface area (Å²) in [7, 11) is 0. The standard InChI is InChI=1S/C17H21FN2O/c1-10(2)20-12(4)8-15(13(20)5)17(21)19-14-7-6-11(3)16(18)9-14/h6-10H,1-5H3,(H,19,21). The van der Waals surface area contributed by atoms with E-state index in [1.165, 1.54) is 6.07 Å². The summed E-state index contributed by atoms with van der Waals surface area (Å²) >= 11 is 0. The van der Waals surface area contributed by atoms with Crippen LogP contribution in [-0.4, -0.2) is 10.5 Å². The minimum atomic E-state index is -0.319. The maximum absolute atomic E-state index is 13.5. The molecule has 1 heterocycles. The lowest BCUT2D eigenvalue weighted by Gasteiger charge is -2.13. The normalized spacial score (nSPS) is 11.0. The second-order valence-corrected chi connectivity index (χ2v) is 5.67. The lowest BCUT2D eigenvalue weighted by atomic mass is 10.2. The van der Waals surface area contributed by atoms with Gasteiger partial charge in [-0.1, -0.05) is 6.07 Å². The second kappa shape index (κ2) is 5.72. The number of nitrogens with zero attached hydrogens (tertiary/aromatic N) is 1. The van der Waals surface area contributed by atoms with Crippen molar-refractivity contribution in [2.24, 2.45) is 0 Å². The van der Waals surface area contributed by atoms with E-state index in [-0.39, 0.29) is 11.7 Å². The maximum Gasteiger partial charge on any atom is 0.257 e. The molecule has 0 bridgehead atoms. The third-order valence-electron chi connectivity index (χ3n) is 3.68. The summed E-state index contributed by atoms with van der Waals surface area (Å²) in [5, 5.41) is 2.75. The van der Waals surface area contributed by atoms with E-state index in [9.17, 15) is 9.18 Å². The maximum atomic E-state index is 13.5. The summed E-state index contributed by atoms with van der Waals surface area (Å²) in [4.78, 5) is 12.4. The molecule has 0 saturated heterocycles. The molecule has 0 aliphatic rings. The first-order valence-electron chi connectivity index (χ1n) is 7.07. The Labute approximate surface area is 124 Å². The first-order chi connectivity index (χ1) is 9.81. The summed E-state index contributed by atoms with van der Waals surface area (Å²) in [6, 6.07) is 6.87. The number of benzene rings is 1. The molecule has 0 spiro atoms. The third-order valence-corrected chi connectivity index (χ3v) is 3.68. The average molecular weight is 288 g/mol. The molecule has 112 valence electrons. The fourth-order valence-electron chi connectivity index (χ4n) is 2.67. The summed E-state index contributed by atoms with van der Waals surface area (Å²) in [6.07, 6.45) is 0. The second-order valence-electron chi connectivity index (χ2n) is 5.67. The van der Waals surface area contributed by atoms with Crippen molar-refractivity contribution in [3.8, 4) is 0 Å². The van der Waals surface area contributed by atoms with Gasteiger partial charge < -0.3 is 9.88 Å².